The van der Waals surface area contributed by atoms with Crippen molar-refractivity contribution < 1.29 is 0 Å². The minimum atomic E-state index is -0.110. The van der Waals surface area contributed by atoms with Crippen LogP contribution < -0.4 is 5.56 Å². The first-order valence-corrected chi connectivity index (χ1v) is 23.4. The van der Waals surface area contributed by atoms with E-state index in [2.05, 4.69) is 185 Å². The van der Waals surface area contributed by atoms with E-state index in [4.69, 9.17) is 9.97 Å². The van der Waals surface area contributed by atoms with Gasteiger partial charge in [0, 0.05) is 61.2 Å². The molecule has 0 N–H and O–H groups in total. The lowest BCUT2D eigenvalue weighted by atomic mass is 9.89. The number of aromatic nitrogens is 5. The highest BCUT2D eigenvalue weighted by atomic mass is 16.1. The van der Waals surface area contributed by atoms with Crippen molar-refractivity contribution in [3.8, 4) is 39.3 Å². The fourth-order valence-corrected chi connectivity index (χ4v) is 11.2. The van der Waals surface area contributed by atoms with Gasteiger partial charge in [0.1, 0.15) is 5.82 Å². The minimum absolute atomic E-state index is 0.106. The molecule has 6 heteroatoms. The second-order valence-electron chi connectivity index (χ2n) is 18.0. The van der Waals surface area contributed by atoms with Crippen LogP contribution >= 0.6 is 0 Å². The molecule has 0 saturated carbocycles. The van der Waals surface area contributed by atoms with E-state index in [0.717, 1.165) is 51.7 Å². The zero-order chi connectivity index (χ0) is 44.9. The molecule has 0 radical (unpaired) electrons. The van der Waals surface area contributed by atoms with Crippen molar-refractivity contribution in [2.45, 2.75) is 18.8 Å². The molecule has 1 unspecified atom stereocenters. The van der Waals surface area contributed by atoms with Crippen molar-refractivity contribution in [2.24, 2.45) is 0 Å². The van der Waals surface area contributed by atoms with Gasteiger partial charge >= 0.3 is 0 Å². The second-order valence-corrected chi connectivity index (χ2v) is 18.0. The minimum Gasteiger partial charge on any atom is -0.309 e. The zero-order valence-electron chi connectivity index (χ0n) is 36.9. The lowest BCUT2D eigenvalue weighted by Crippen LogP contribution is -2.21. The number of nitrogens with zero attached hydrogens (tertiary/aromatic N) is 5. The number of hydrogen-bond donors (Lipinski definition) is 0. The van der Waals surface area contributed by atoms with Crippen LogP contribution in [-0.2, 0) is 6.42 Å². The Bertz CT molecular complexity index is 4190. The highest BCUT2D eigenvalue weighted by molar-refractivity contribution is 6.12. The van der Waals surface area contributed by atoms with Crippen LogP contribution in [0.3, 0.4) is 0 Å². The molecule has 1 aliphatic carbocycles. The number of fused-ring (bicyclic) bond motifs is 12. The number of pyridine rings is 1. The van der Waals surface area contributed by atoms with E-state index in [1.165, 1.54) is 66.0 Å². The Morgan fingerprint density at radius 2 is 0.985 bits per heavy atom. The van der Waals surface area contributed by atoms with Gasteiger partial charge in [-0.1, -0.05) is 133 Å². The van der Waals surface area contributed by atoms with Gasteiger partial charge < -0.3 is 9.13 Å². The van der Waals surface area contributed by atoms with Crippen LogP contribution in [-0.4, -0.2) is 23.7 Å². The SMILES string of the molecule is O=c1c2ccc(-n3c4ccccc4c4ccccc43)cc2c2cnc(C3CCc4ccc(-c5ccc6c(c5)c5ccccc5n6-c5ccccc5)cc4-c4ccccc43)nc2n1-c1ccccc1. The molecule has 4 aromatic heterocycles. The molecule has 6 nitrogen and oxygen atoms in total. The van der Waals surface area contributed by atoms with Crippen LogP contribution in [0.25, 0.3) is 105 Å². The average Bonchev–Trinajstić information content (AvgIpc) is 3.86. The molecular weight excluding hydrogens is 831 g/mol. The summed E-state index contributed by atoms with van der Waals surface area (Å²) in [5.41, 5.74) is 15.3. The Morgan fingerprint density at radius 1 is 0.412 bits per heavy atom. The lowest BCUT2D eigenvalue weighted by molar-refractivity contribution is 0.682. The average molecular weight is 872 g/mol. The fourth-order valence-electron chi connectivity index (χ4n) is 11.2. The Morgan fingerprint density at radius 3 is 1.71 bits per heavy atom. The van der Waals surface area contributed by atoms with E-state index in [0.29, 0.717) is 16.9 Å². The third-order valence-corrected chi connectivity index (χ3v) is 14.3. The van der Waals surface area contributed by atoms with Gasteiger partial charge in [-0.3, -0.25) is 9.36 Å². The molecule has 320 valence electrons. The topological polar surface area (TPSA) is 57.6 Å². The van der Waals surface area contributed by atoms with Crippen LogP contribution in [0.5, 0.6) is 0 Å². The molecule has 1 aliphatic rings. The van der Waals surface area contributed by atoms with Crippen molar-refractivity contribution in [1.29, 1.82) is 0 Å². The third kappa shape index (κ3) is 5.80. The molecule has 13 aromatic rings. The Labute approximate surface area is 391 Å². The lowest BCUT2D eigenvalue weighted by Gasteiger charge is -2.19. The molecule has 0 aliphatic heterocycles. The molecule has 14 rings (SSSR count). The predicted octanol–water partition coefficient (Wildman–Crippen LogP) is 14.5. The molecule has 1 atom stereocenters. The first kappa shape index (κ1) is 38.4. The molecule has 0 spiro atoms. The van der Waals surface area contributed by atoms with Crippen LogP contribution in [0.15, 0.2) is 223 Å². The van der Waals surface area contributed by atoms with Crippen molar-refractivity contribution in [2.75, 3.05) is 0 Å². The quantitative estimate of drug-likeness (QED) is 0.162. The predicted molar refractivity (Wildman–Crippen MR) is 279 cm³/mol. The summed E-state index contributed by atoms with van der Waals surface area (Å²) in [4.78, 5) is 25.6. The van der Waals surface area contributed by atoms with Gasteiger partial charge in [0.05, 0.1) is 27.8 Å². The molecule has 68 heavy (non-hydrogen) atoms. The molecule has 9 aromatic carbocycles. The van der Waals surface area contributed by atoms with Crippen LogP contribution in [0, 0.1) is 0 Å². The first-order chi connectivity index (χ1) is 33.7. The number of rotatable bonds is 5. The van der Waals surface area contributed by atoms with E-state index in [1.54, 1.807) is 4.57 Å². The maximum atomic E-state index is 14.9. The first-order valence-electron chi connectivity index (χ1n) is 23.4. The Hall–Kier alpha value is -8.87. The van der Waals surface area contributed by atoms with Gasteiger partial charge in [0.25, 0.3) is 5.56 Å². The fraction of sp³-hybridized carbons (Fsp3) is 0.0484. The van der Waals surface area contributed by atoms with Gasteiger partial charge in [-0.25, -0.2) is 9.97 Å². The van der Waals surface area contributed by atoms with Crippen LogP contribution in [0.4, 0.5) is 0 Å². The summed E-state index contributed by atoms with van der Waals surface area (Å²) in [5, 5.41) is 7.12. The number of para-hydroxylation sites is 5. The van der Waals surface area contributed by atoms with Crippen LogP contribution in [0.1, 0.15) is 29.3 Å². The smallest absolute Gasteiger partial charge is 0.264 e. The van der Waals surface area contributed by atoms with Gasteiger partial charge in [-0.05, 0) is 125 Å². The molecule has 0 saturated heterocycles. The van der Waals surface area contributed by atoms with Crippen molar-refractivity contribution in [1.82, 2.24) is 23.7 Å². The van der Waals surface area contributed by atoms with Gasteiger partial charge in [0.2, 0.25) is 0 Å². The molecule has 0 bridgehead atoms. The maximum Gasteiger partial charge on any atom is 0.264 e. The van der Waals surface area contributed by atoms with Crippen molar-refractivity contribution >= 4 is 65.4 Å². The van der Waals surface area contributed by atoms with E-state index >= 15 is 0 Å². The monoisotopic (exact) mass is 871 g/mol. The van der Waals surface area contributed by atoms with E-state index < -0.39 is 0 Å². The van der Waals surface area contributed by atoms with E-state index in [9.17, 15) is 4.79 Å². The van der Waals surface area contributed by atoms with Crippen molar-refractivity contribution in [3.05, 3.63) is 246 Å². The highest BCUT2D eigenvalue weighted by Crippen LogP contribution is 2.43. The van der Waals surface area contributed by atoms with Gasteiger partial charge in [-0.15, -0.1) is 0 Å². The normalized spacial score (nSPS) is 13.7. The molecule has 0 amide bonds. The standard InChI is InChI=1S/C62H41N5O/c68-62-51-33-31-44(66-56-24-12-9-21-47(56)48-22-10-13-25-57(48)66)37-53(51)55-38-63-60(64-61(55)67(62)43-17-5-2-6-18-43)50-32-29-39-27-28-40(35-52(39)46-20-8-7-19-45(46)50)41-30-34-59-54(36-41)49-23-11-14-26-58(49)65(59)42-15-3-1-4-16-42/h1-28,30-31,33-38,50H,29,32H2. The summed E-state index contributed by atoms with van der Waals surface area (Å²) in [7, 11) is 0. The second kappa shape index (κ2) is 15.1. The number of hydrogen-bond acceptors (Lipinski definition) is 3. The van der Waals surface area contributed by atoms with E-state index in [1.807, 2.05) is 42.6 Å². The highest BCUT2D eigenvalue weighted by Gasteiger charge is 2.28. The summed E-state index contributed by atoms with van der Waals surface area (Å²) < 4.78 is 6.44. The summed E-state index contributed by atoms with van der Waals surface area (Å²) in [5.74, 6) is 0.603. The summed E-state index contributed by atoms with van der Waals surface area (Å²) in [6, 6.07) is 75.0. The third-order valence-electron chi connectivity index (χ3n) is 14.3. The summed E-state index contributed by atoms with van der Waals surface area (Å²) >= 11 is 0. The van der Waals surface area contributed by atoms with Gasteiger partial charge in [-0.2, -0.15) is 0 Å². The van der Waals surface area contributed by atoms with Gasteiger partial charge in [0.15, 0.2) is 5.65 Å². The molecule has 0 fully saturated rings. The Balaban J connectivity index is 0.911. The Kier molecular flexibility index (Phi) is 8.52. The largest absolute Gasteiger partial charge is 0.309 e. The maximum absolute atomic E-state index is 14.9. The molecule has 4 heterocycles. The summed E-state index contributed by atoms with van der Waals surface area (Å²) in [6.45, 7) is 0. The zero-order valence-corrected chi connectivity index (χ0v) is 36.9. The number of benzene rings is 9. The van der Waals surface area contributed by atoms with E-state index in [-0.39, 0.29) is 11.5 Å². The number of aryl methyl sites for hydroxylation is 1. The van der Waals surface area contributed by atoms with Crippen molar-refractivity contribution in [3.63, 3.8) is 0 Å². The van der Waals surface area contributed by atoms with Crippen LogP contribution in [0.2, 0.25) is 0 Å². The summed E-state index contributed by atoms with van der Waals surface area (Å²) in [6.07, 6.45) is 3.63. The molecular formula is C62H41N5O.